The maximum atomic E-state index is 6.03. The van der Waals surface area contributed by atoms with Crippen molar-refractivity contribution in [2.24, 2.45) is 4.99 Å². The first-order valence-corrected chi connectivity index (χ1v) is 21.0. The first kappa shape index (κ1) is 37.3. The van der Waals surface area contributed by atoms with Crippen molar-refractivity contribution < 1.29 is 0 Å². The molecule has 0 saturated heterocycles. The van der Waals surface area contributed by atoms with E-state index in [9.17, 15) is 0 Å². The van der Waals surface area contributed by atoms with Crippen LogP contribution in [0.3, 0.4) is 0 Å². The molecular formula is C57H51N. The summed E-state index contributed by atoms with van der Waals surface area (Å²) < 4.78 is 0. The van der Waals surface area contributed by atoms with Crippen LogP contribution in [0.15, 0.2) is 193 Å². The Balaban J connectivity index is 1.46. The van der Waals surface area contributed by atoms with Gasteiger partial charge in [-0.25, -0.2) is 0 Å². The number of hydrogen-bond acceptors (Lipinski definition) is 1. The van der Waals surface area contributed by atoms with Crippen LogP contribution >= 0.6 is 0 Å². The summed E-state index contributed by atoms with van der Waals surface area (Å²) in [6, 6.07) is 70.0. The van der Waals surface area contributed by atoms with Crippen LogP contribution in [0.2, 0.25) is 0 Å². The monoisotopic (exact) mass is 749 g/mol. The Morgan fingerprint density at radius 3 is 1.28 bits per heavy atom. The lowest BCUT2D eigenvalue weighted by molar-refractivity contribution is 0.833. The first-order valence-electron chi connectivity index (χ1n) is 21.0. The summed E-state index contributed by atoms with van der Waals surface area (Å²) in [5.41, 5.74) is 17.8. The molecule has 8 aromatic rings. The summed E-state index contributed by atoms with van der Waals surface area (Å²) in [7, 11) is 0. The maximum Gasteiger partial charge on any atom is 0.0702 e. The Morgan fingerprint density at radius 2 is 0.845 bits per heavy atom. The van der Waals surface area contributed by atoms with Gasteiger partial charge in [0.1, 0.15) is 0 Å². The summed E-state index contributed by atoms with van der Waals surface area (Å²) in [6.07, 6.45) is 0. The van der Waals surface area contributed by atoms with E-state index in [4.69, 9.17) is 4.99 Å². The van der Waals surface area contributed by atoms with E-state index < -0.39 is 0 Å². The van der Waals surface area contributed by atoms with Crippen molar-refractivity contribution >= 4 is 22.2 Å². The fraction of sp³-hybridized carbons (Fsp3) is 0.175. The van der Waals surface area contributed by atoms with Crippen molar-refractivity contribution in [3.8, 4) is 0 Å². The topological polar surface area (TPSA) is 12.4 Å². The van der Waals surface area contributed by atoms with Gasteiger partial charge in [-0.1, -0.05) is 221 Å². The molecule has 1 atom stereocenters. The fourth-order valence-corrected chi connectivity index (χ4v) is 9.66. The lowest BCUT2D eigenvalue weighted by Crippen LogP contribution is -2.20. The van der Waals surface area contributed by atoms with E-state index in [1.807, 2.05) is 0 Å². The molecule has 0 aromatic heterocycles. The summed E-state index contributed by atoms with van der Waals surface area (Å²) in [5, 5.41) is 2.57. The minimum atomic E-state index is -0.128. The quantitative estimate of drug-likeness (QED) is 0.123. The second kappa shape index (κ2) is 15.9. The molecule has 0 spiro atoms. The van der Waals surface area contributed by atoms with Crippen LogP contribution in [0, 0.1) is 6.92 Å². The van der Waals surface area contributed by atoms with E-state index in [1.165, 1.54) is 77.5 Å². The van der Waals surface area contributed by atoms with E-state index in [0.717, 1.165) is 11.4 Å². The molecule has 9 rings (SSSR count). The number of para-hydroxylation sites is 1. The van der Waals surface area contributed by atoms with Gasteiger partial charge in [0.15, 0.2) is 0 Å². The molecule has 58 heavy (non-hydrogen) atoms. The van der Waals surface area contributed by atoms with Crippen LogP contribution in [-0.2, 0) is 0 Å². The number of nitrogens with zero attached hydrogens (tertiary/aromatic N) is 1. The Kier molecular flexibility index (Phi) is 10.2. The number of rotatable bonds is 10. The van der Waals surface area contributed by atoms with Crippen molar-refractivity contribution in [1.29, 1.82) is 0 Å². The number of aryl methyl sites for hydroxylation is 1. The average molecular weight is 750 g/mol. The second-order valence-electron chi connectivity index (χ2n) is 16.6. The molecule has 284 valence electrons. The molecule has 0 heterocycles. The Hall–Kier alpha value is -6.31. The van der Waals surface area contributed by atoms with Crippen LogP contribution in [0.5, 0.6) is 0 Å². The second-order valence-corrected chi connectivity index (χ2v) is 16.6. The molecule has 1 heteroatoms. The predicted octanol–water partition coefficient (Wildman–Crippen LogP) is 15.0. The maximum absolute atomic E-state index is 6.03. The standard InChI is InChI=1S/C57H51N/c1-37(2)45-31-20-32-46(38(3)4)56(45)58-57-48-34-19-30-44-29-18-33-47(53(44)48)55(57)54-49(51(40-21-10-6-11-22-40)41-23-12-7-13-24-41)35-39(5)36-50(54)52(42-25-14-8-15-26-42)43-27-16-9-17-28-43/h6-38,51-52,55H,1-5H3. The molecule has 0 amide bonds. The molecule has 0 bridgehead atoms. The van der Waals surface area contributed by atoms with Gasteiger partial charge in [-0.15, -0.1) is 0 Å². The Morgan fingerprint density at radius 1 is 0.431 bits per heavy atom. The van der Waals surface area contributed by atoms with Gasteiger partial charge in [0.05, 0.1) is 17.3 Å². The van der Waals surface area contributed by atoms with Crippen LogP contribution in [0.4, 0.5) is 5.69 Å². The van der Waals surface area contributed by atoms with E-state index >= 15 is 0 Å². The van der Waals surface area contributed by atoms with Crippen molar-refractivity contribution in [2.45, 2.75) is 64.2 Å². The minimum absolute atomic E-state index is 0.0124. The lowest BCUT2D eigenvalue weighted by Gasteiger charge is -2.32. The number of benzene rings is 8. The van der Waals surface area contributed by atoms with Gasteiger partial charge in [-0.3, -0.25) is 4.99 Å². The molecule has 1 nitrogen and oxygen atoms in total. The van der Waals surface area contributed by atoms with E-state index in [1.54, 1.807) is 0 Å². The molecule has 1 aliphatic rings. The molecule has 0 aliphatic heterocycles. The zero-order valence-corrected chi connectivity index (χ0v) is 34.2. The highest BCUT2D eigenvalue weighted by molar-refractivity contribution is 6.22. The smallest absolute Gasteiger partial charge is 0.0702 e. The molecule has 1 aliphatic carbocycles. The largest absolute Gasteiger partial charge is 0.251 e. The average Bonchev–Trinajstić information content (AvgIpc) is 3.56. The van der Waals surface area contributed by atoms with Gasteiger partial charge in [-0.2, -0.15) is 0 Å². The number of aliphatic imine (C=N–C) groups is 1. The molecule has 0 fully saturated rings. The third-order valence-electron chi connectivity index (χ3n) is 12.2. The normalized spacial score (nSPS) is 14.4. The third-order valence-corrected chi connectivity index (χ3v) is 12.2. The van der Waals surface area contributed by atoms with Crippen molar-refractivity contribution in [3.63, 3.8) is 0 Å². The first-order chi connectivity index (χ1) is 28.4. The zero-order chi connectivity index (χ0) is 39.8. The predicted molar refractivity (Wildman–Crippen MR) is 245 cm³/mol. The third kappa shape index (κ3) is 6.79. The molecule has 8 aromatic carbocycles. The summed E-state index contributed by atoms with van der Waals surface area (Å²) >= 11 is 0. The van der Waals surface area contributed by atoms with E-state index in [0.29, 0.717) is 11.8 Å². The Labute approximate surface area is 344 Å². The van der Waals surface area contributed by atoms with E-state index in [2.05, 4.69) is 223 Å². The van der Waals surface area contributed by atoms with Crippen LogP contribution in [-0.4, -0.2) is 5.71 Å². The highest BCUT2D eigenvalue weighted by Gasteiger charge is 2.39. The zero-order valence-electron chi connectivity index (χ0n) is 34.2. The molecule has 0 radical (unpaired) electrons. The van der Waals surface area contributed by atoms with Gasteiger partial charge >= 0.3 is 0 Å². The minimum Gasteiger partial charge on any atom is -0.251 e. The van der Waals surface area contributed by atoms with Gasteiger partial charge < -0.3 is 0 Å². The summed E-state index contributed by atoms with van der Waals surface area (Å²) in [5.74, 6) is 0.491. The Bertz CT molecular complexity index is 2510. The van der Waals surface area contributed by atoms with Gasteiger partial charge in [0, 0.05) is 17.4 Å². The van der Waals surface area contributed by atoms with Crippen molar-refractivity contribution in [1.82, 2.24) is 0 Å². The number of hydrogen-bond donors (Lipinski definition) is 0. The molecule has 0 saturated carbocycles. The van der Waals surface area contributed by atoms with Crippen LogP contribution in [0.25, 0.3) is 10.8 Å². The van der Waals surface area contributed by atoms with Crippen LogP contribution < -0.4 is 0 Å². The molecule has 1 unspecified atom stereocenters. The molecule has 0 N–H and O–H groups in total. The van der Waals surface area contributed by atoms with Crippen molar-refractivity contribution in [2.75, 3.05) is 0 Å². The molecular weight excluding hydrogens is 699 g/mol. The summed E-state index contributed by atoms with van der Waals surface area (Å²) in [6.45, 7) is 11.5. The van der Waals surface area contributed by atoms with Gasteiger partial charge in [0.2, 0.25) is 0 Å². The van der Waals surface area contributed by atoms with Gasteiger partial charge in [0.25, 0.3) is 0 Å². The lowest BCUT2D eigenvalue weighted by atomic mass is 9.71. The SMILES string of the molecule is Cc1cc(C(c2ccccc2)c2ccccc2)c(C2C(=Nc3c(C(C)C)cccc3C(C)C)c3cccc4cccc2c34)c(C(c2ccccc2)c2ccccc2)c1. The highest BCUT2D eigenvalue weighted by atomic mass is 14.8. The van der Waals surface area contributed by atoms with Crippen LogP contribution in [0.1, 0.15) is 124 Å². The van der Waals surface area contributed by atoms with Crippen molar-refractivity contribution in [3.05, 3.63) is 255 Å². The fourth-order valence-electron chi connectivity index (χ4n) is 9.66. The van der Waals surface area contributed by atoms with E-state index in [-0.39, 0.29) is 17.8 Å². The summed E-state index contributed by atoms with van der Waals surface area (Å²) in [4.78, 5) is 6.03. The highest BCUT2D eigenvalue weighted by Crippen LogP contribution is 2.51. The van der Waals surface area contributed by atoms with Gasteiger partial charge in [-0.05, 0) is 85.2 Å².